The van der Waals surface area contributed by atoms with E-state index in [9.17, 15) is 18.0 Å². The molecule has 0 aliphatic carbocycles. The van der Waals surface area contributed by atoms with Crippen molar-refractivity contribution in [2.75, 3.05) is 32.8 Å². The summed E-state index contributed by atoms with van der Waals surface area (Å²) < 4.78 is 39.3. The molecule has 2 heterocycles. The van der Waals surface area contributed by atoms with Gasteiger partial charge in [-0.1, -0.05) is 0 Å². The van der Waals surface area contributed by atoms with Crippen LogP contribution in [-0.2, 0) is 21.1 Å². The van der Waals surface area contributed by atoms with E-state index in [1.165, 1.54) is 19.1 Å². The van der Waals surface area contributed by atoms with Crippen LogP contribution in [0, 0.1) is 6.92 Å². The van der Waals surface area contributed by atoms with E-state index < -0.39 is 15.5 Å². The third-order valence-electron chi connectivity index (χ3n) is 5.28. The molecule has 1 fully saturated rings. The van der Waals surface area contributed by atoms with Crippen molar-refractivity contribution in [3.63, 3.8) is 0 Å². The fourth-order valence-corrected chi connectivity index (χ4v) is 5.30. The first-order valence-corrected chi connectivity index (χ1v) is 10.6. The van der Waals surface area contributed by atoms with Gasteiger partial charge in [-0.3, -0.25) is 4.79 Å². The van der Waals surface area contributed by atoms with E-state index in [0.29, 0.717) is 28.9 Å². The Morgan fingerprint density at radius 2 is 2.00 bits per heavy atom. The molecule has 28 heavy (non-hydrogen) atoms. The Kier molecular flexibility index (Phi) is 5.38. The van der Waals surface area contributed by atoms with Crippen LogP contribution in [-0.4, -0.2) is 58.0 Å². The van der Waals surface area contributed by atoms with Crippen LogP contribution in [0.15, 0.2) is 21.3 Å². The number of rotatable bonds is 5. The molecule has 1 saturated heterocycles. The molecule has 1 aromatic carbocycles. The second kappa shape index (κ2) is 7.46. The van der Waals surface area contributed by atoms with Crippen LogP contribution in [0.5, 0.6) is 11.5 Å². The number of carbonyl (C=O) groups is 1. The van der Waals surface area contributed by atoms with Gasteiger partial charge in [0.05, 0.1) is 37.7 Å². The minimum atomic E-state index is -3.11. The maximum absolute atomic E-state index is 12.7. The summed E-state index contributed by atoms with van der Waals surface area (Å²) in [6, 6.07) is 3.08. The average molecular weight is 409 g/mol. The molecule has 152 valence electrons. The summed E-state index contributed by atoms with van der Waals surface area (Å²) in [6.45, 7) is 1.74. The number of carbonyl (C=O) groups excluding carboxylic acids is 1. The summed E-state index contributed by atoms with van der Waals surface area (Å²) in [6.07, 6.45) is 0.248. The number of aryl methyl sites for hydroxylation is 1. The minimum Gasteiger partial charge on any atom is -0.493 e. The Morgan fingerprint density at radius 3 is 2.57 bits per heavy atom. The van der Waals surface area contributed by atoms with E-state index in [4.69, 9.17) is 13.9 Å². The highest BCUT2D eigenvalue weighted by molar-refractivity contribution is 7.91. The van der Waals surface area contributed by atoms with E-state index in [-0.39, 0.29) is 41.0 Å². The van der Waals surface area contributed by atoms with Crippen molar-refractivity contribution in [1.82, 2.24) is 4.90 Å². The molecule has 1 aliphatic heterocycles. The molecule has 1 amide bonds. The van der Waals surface area contributed by atoms with Crippen molar-refractivity contribution >= 4 is 26.7 Å². The minimum absolute atomic E-state index is 0.0441. The van der Waals surface area contributed by atoms with E-state index in [0.717, 1.165) is 0 Å². The molecule has 8 nitrogen and oxygen atoms in total. The van der Waals surface area contributed by atoms with Crippen molar-refractivity contribution in [3.05, 3.63) is 33.7 Å². The van der Waals surface area contributed by atoms with Gasteiger partial charge in [0.25, 0.3) is 0 Å². The largest absolute Gasteiger partial charge is 0.493 e. The quantitative estimate of drug-likeness (QED) is 0.686. The van der Waals surface area contributed by atoms with E-state index >= 15 is 0 Å². The number of amides is 1. The van der Waals surface area contributed by atoms with Gasteiger partial charge in [-0.25, -0.2) is 13.2 Å². The Morgan fingerprint density at radius 1 is 1.29 bits per heavy atom. The van der Waals surface area contributed by atoms with Gasteiger partial charge in [0, 0.05) is 18.5 Å². The maximum Gasteiger partial charge on any atom is 0.340 e. The monoisotopic (exact) mass is 409 g/mol. The first-order valence-electron chi connectivity index (χ1n) is 8.82. The zero-order chi connectivity index (χ0) is 20.6. The van der Waals surface area contributed by atoms with E-state index in [1.54, 1.807) is 26.1 Å². The molecule has 0 saturated carbocycles. The van der Waals surface area contributed by atoms with Gasteiger partial charge < -0.3 is 18.8 Å². The molecule has 0 radical (unpaired) electrons. The van der Waals surface area contributed by atoms with Gasteiger partial charge in [-0.05, 0) is 31.0 Å². The first kappa shape index (κ1) is 20.2. The number of sulfone groups is 1. The number of methoxy groups -OCH3 is 2. The second-order valence-electron chi connectivity index (χ2n) is 6.91. The lowest BCUT2D eigenvalue weighted by molar-refractivity contribution is -0.130. The maximum atomic E-state index is 12.7. The summed E-state index contributed by atoms with van der Waals surface area (Å²) in [5.41, 5.74) is 0.499. The molecule has 9 heteroatoms. The number of nitrogens with zero attached hydrogens (tertiary/aromatic N) is 1. The Labute approximate surface area is 162 Å². The predicted molar refractivity (Wildman–Crippen MR) is 104 cm³/mol. The highest BCUT2D eigenvalue weighted by Crippen LogP contribution is 2.36. The normalized spacial score (nSPS) is 18.2. The van der Waals surface area contributed by atoms with Gasteiger partial charge >= 0.3 is 5.63 Å². The highest BCUT2D eigenvalue weighted by atomic mass is 32.2. The molecule has 0 N–H and O–H groups in total. The Bertz CT molecular complexity index is 1090. The lowest BCUT2D eigenvalue weighted by Gasteiger charge is -2.23. The van der Waals surface area contributed by atoms with Gasteiger partial charge in [0.1, 0.15) is 0 Å². The average Bonchev–Trinajstić information content (AvgIpc) is 3.03. The molecular formula is C19H23NO7S. The van der Waals surface area contributed by atoms with Crippen LogP contribution < -0.4 is 15.1 Å². The van der Waals surface area contributed by atoms with Crippen LogP contribution in [0.25, 0.3) is 11.0 Å². The predicted octanol–water partition coefficient (Wildman–Crippen LogP) is 1.31. The fraction of sp³-hybridized carbons (Fsp3) is 0.474. The molecule has 1 aliphatic rings. The van der Waals surface area contributed by atoms with E-state index in [2.05, 4.69) is 0 Å². The Hall–Kier alpha value is -2.55. The number of benzene rings is 1. The zero-order valence-electron chi connectivity index (χ0n) is 16.3. The van der Waals surface area contributed by atoms with Crippen LogP contribution >= 0.6 is 0 Å². The molecule has 0 spiro atoms. The van der Waals surface area contributed by atoms with Gasteiger partial charge in [0.15, 0.2) is 21.2 Å². The third kappa shape index (κ3) is 3.58. The summed E-state index contributed by atoms with van der Waals surface area (Å²) >= 11 is 0. The highest BCUT2D eigenvalue weighted by Gasteiger charge is 2.33. The first-order chi connectivity index (χ1) is 13.2. The third-order valence-corrected chi connectivity index (χ3v) is 7.03. The smallest absolute Gasteiger partial charge is 0.340 e. The SMILES string of the molecule is COc1ccc2c(C)c(CC(=O)N(C)[C@H]3CCS(=O)(=O)C3)c(=O)oc2c1OC. The van der Waals surface area contributed by atoms with Gasteiger partial charge in [-0.15, -0.1) is 0 Å². The summed E-state index contributed by atoms with van der Waals surface area (Å²) in [7, 11) is 1.40. The van der Waals surface area contributed by atoms with Crippen LogP contribution in [0.2, 0.25) is 0 Å². The lowest BCUT2D eigenvalue weighted by atomic mass is 10.0. The molecule has 0 unspecified atom stereocenters. The topological polar surface area (TPSA) is 103 Å². The molecule has 0 bridgehead atoms. The zero-order valence-corrected chi connectivity index (χ0v) is 17.1. The van der Waals surface area contributed by atoms with Crippen molar-refractivity contribution in [3.8, 4) is 11.5 Å². The van der Waals surface area contributed by atoms with Crippen molar-refractivity contribution in [2.24, 2.45) is 0 Å². The summed E-state index contributed by atoms with van der Waals surface area (Å²) in [4.78, 5) is 26.7. The van der Waals surface area contributed by atoms with Gasteiger partial charge in [0.2, 0.25) is 11.7 Å². The number of likely N-dealkylation sites (N-methyl/N-ethyl adjacent to an activating group) is 1. The van der Waals surface area contributed by atoms with Crippen LogP contribution in [0.4, 0.5) is 0 Å². The summed E-state index contributed by atoms with van der Waals surface area (Å²) in [5, 5.41) is 0.645. The van der Waals surface area contributed by atoms with Crippen molar-refractivity contribution < 1.29 is 27.1 Å². The number of hydrogen-bond acceptors (Lipinski definition) is 7. The summed E-state index contributed by atoms with van der Waals surface area (Å²) in [5.74, 6) is 0.457. The molecule has 3 rings (SSSR count). The van der Waals surface area contributed by atoms with Gasteiger partial charge in [-0.2, -0.15) is 0 Å². The molecule has 1 atom stereocenters. The van der Waals surface area contributed by atoms with Crippen LogP contribution in [0.3, 0.4) is 0 Å². The molecule has 2 aromatic rings. The second-order valence-corrected chi connectivity index (χ2v) is 9.14. The van der Waals surface area contributed by atoms with Crippen LogP contribution in [0.1, 0.15) is 17.5 Å². The molecule has 1 aromatic heterocycles. The molecular weight excluding hydrogens is 386 g/mol. The number of hydrogen-bond donors (Lipinski definition) is 0. The van der Waals surface area contributed by atoms with Crippen molar-refractivity contribution in [1.29, 1.82) is 0 Å². The fourth-order valence-electron chi connectivity index (χ4n) is 3.53. The standard InChI is InChI=1S/C19H23NO7S/c1-11-13-5-6-15(25-3)18(26-4)17(13)27-19(22)14(11)9-16(21)20(2)12-7-8-28(23,24)10-12/h5-6,12H,7-10H2,1-4H3/t12-/m0/s1. The van der Waals surface area contributed by atoms with E-state index in [1.807, 2.05) is 0 Å². The number of fused-ring (bicyclic) bond motifs is 1. The lowest BCUT2D eigenvalue weighted by Crippen LogP contribution is -2.39. The van der Waals surface area contributed by atoms with Crippen molar-refractivity contribution in [2.45, 2.75) is 25.8 Å². The number of ether oxygens (including phenoxy) is 2. The Balaban J connectivity index is 1.95.